The highest BCUT2D eigenvalue weighted by Gasteiger charge is 2.38. The van der Waals surface area contributed by atoms with Crippen molar-refractivity contribution in [2.75, 3.05) is 13.2 Å². The molecule has 486 valence electrons. The molecule has 0 unspecified atom stereocenters. The van der Waals surface area contributed by atoms with Gasteiger partial charge in [-0.1, -0.05) is 192 Å². The third-order valence-corrected chi connectivity index (χ3v) is 17.9. The number of aliphatic hydroxyl groups is 3. The lowest BCUT2D eigenvalue weighted by Gasteiger charge is -2.38. The smallest absolute Gasteiger partial charge is 0.342 e. The van der Waals surface area contributed by atoms with E-state index in [1.54, 1.807) is 24.3 Å². The lowest BCUT2D eigenvalue weighted by atomic mass is 10.1. The molecule has 12 heteroatoms. The lowest BCUT2D eigenvalue weighted by molar-refractivity contribution is -0.115. The summed E-state index contributed by atoms with van der Waals surface area (Å²) in [5.74, 6) is 2.63. The van der Waals surface area contributed by atoms with Gasteiger partial charge in [0.05, 0.1) is 24.0 Å². The van der Waals surface area contributed by atoms with Crippen molar-refractivity contribution in [1.82, 2.24) is 0 Å². The summed E-state index contributed by atoms with van der Waals surface area (Å²) in [5, 5.41) is 27.5. The zero-order valence-corrected chi connectivity index (χ0v) is 55.8. The molecule has 3 N–H and O–H groups in total. The average molecular weight is 1220 g/mol. The Morgan fingerprint density at radius 3 is 1.75 bits per heavy atom. The number of hydrogen-bond acceptors (Lipinski definition) is 11. The normalized spacial score (nSPS) is 15.2. The summed E-state index contributed by atoms with van der Waals surface area (Å²) < 4.78 is 10.8. The predicted molar refractivity (Wildman–Crippen MR) is 369 cm³/mol. The number of rotatable bonds is 30. The molecule has 3 aliphatic carbocycles. The van der Waals surface area contributed by atoms with Gasteiger partial charge in [0.25, 0.3) is 0 Å². The van der Waals surface area contributed by atoms with Crippen molar-refractivity contribution in [3.05, 3.63) is 168 Å². The number of allylic oxidation sites excluding steroid dienone is 15. The number of ketones is 3. The average Bonchev–Trinajstić information content (AvgIpc) is 3.56. The molecule has 0 saturated heterocycles. The van der Waals surface area contributed by atoms with Crippen LogP contribution in [-0.4, -0.2) is 85.0 Å². The van der Waals surface area contributed by atoms with Gasteiger partial charge in [-0.05, 0) is 162 Å². The van der Waals surface area contributed by atoms with Crippen LogP contribution in [0.5, 0.6) is 0 Å². The van der Waals surface area contributed by atoms with Crippen LogP contribution < -0.4 is 0 Å². The number of Topliss-reactive ketones (excluding diaryl/α,β-unsaturated/α-hetero) is 3. The molecular formula is C75H116O11Si. The van der Waals surface area contributed by atoms with Gasteiger partial charge in [0.1, 0.15) is 12.6 Å². The van der Waals surface area contributed by atoms with E-state index in [9.17, 15) is 33.9 Å². The molecule has 1 aromatic carbocycles. The van der Waals surface area contributed by atoms with Crippen molar-refractivity contribution in [1.29, 1.82) is 0 Å². The molecule has 0 saturated carbocycles. The van der Waals surface area contributed by atoms with Crippen LogP contribution in [0.25, 0.3) is 0 Å². The Kier molecular flexibility index (Phi) is 59.0. The number of aldehydes is 2. The van der Waals surface area contributed by atoms with Crippen LogP contribution in [0.2, 0.25) is 18.1 Å². The minimum Gasteiger partial charge on any atom is -0.432 e. The van der Waals surface area contributed by atoms with Gasteiger partial charge in [0.15, 0.2) is 25.7 Å². The molecule has 0 heterocycles. The maximum atomic E-state index is 11.8. The highest BCUT2D eigenvalue weighted by molar-refractivity contribution is 6.74. The standard InChI is InChI=1S/C15H22O3.C15H20O2.C14H28O2Si.C9H8O2.C8H12O.C8H14O.C5H8.CH4/c1-2-3-4-5-14(17)9-8-12-6-7-13(10-11-16)15(12)18;1-2-3-4-5-6-7-8-13-9-10-14(11-12-16)15(13)17;1-7-8-9-10-13(11-12-15)16-17(5,6)14(2,3)4;1-2-11-9(10)8-6-4-3-5-7-8;1-2-4-7-5-3-6-8(7)9;1-2-3-4-5-6-7-8-9;1-3-5-4-2;/h3-4,7-8,14,16-17H,2,5-6,9-11H2,1H3;3-4,6-8,10,16H,2,5,9,11-12H2,1H3;8-9,12-13H,7,10-11H2,1-6H3;2-7H,1H2;5H,2-4,6H2,1H3;3-4,8H,2,5-7H2,1H3;1H,4-5H2,2H3;1H4/b4-3-,12-8+;4-3-,7-6+,13-8+;9-8-;;;4-3-;;/t14-;;13-;;;;;/m0.0...../s1. The number of terminal acetylenes is 1. The van der Waals surface area contributed by atoms with Gasteiger partial charge in [0.2, 0.25) is 0 Å². The second-order valence-electron chi connectivity index (χ2n) is 21.8. The van der Waals surface area contributed by atoms with E-state index in [0.29, 0.717) is 68.3 Å². The fourth-order valence-electron chi connectivity index (χ4n) is 7.58. The molecule has 0 aromatic heterocycles. The maximum absolute atomic E-state index is 11.8. The molecule has 4 rings (SSSR count). The van der Waals surface area contributed by atoms with Gasteiger partial charge in [-0.15, -0.1) is 12.3 Å². The number of unbranched alkanes of at least 4 members (excludes halogenated alkanes) is 3. The summed E-state index contributed by atoms with van der Waals surface area (Å²) in [6.07, 6.45) is 56.2. The third-order valence-electron chi connectivity index (χ3n) is 13.4. The van der Waals surface area contributed by atoms with Gasteiger partial charge >= 0.3 is 5.97 Å². The molecule has 3 aliphatic rings. The van der Waals surface area contributed by atoms with Crippen LogP contribution in [0.3, 0.4) is 0 Å². The van der Waals surface area contributed by atoms with E-state index < -0.39 is 14.4 Å². The fourth-order valence-corrected chi connectivity index (χ4v) is 8.96. The van der Waals surface area contributed by atoms with Crippen molar-refractivity contribution in [3.63, 3.8) is 0 Å². The Hall–Kier alpha value is -6.20. The number of benzene rings is 1. The second-order valence-corrected chi connectivity index (χ2v) is 26.5. The Balaban J connectivity index is -0.000000475. The van der Waals surface area contributed by atoms with Crippen LogP contribution in [0.15, 0.2) is 162 Å². The monoisotopic (exact) mass is 1220 g/mol. The molecule has 87 heavy (non-hydrogen) atoms. The molecule has 0 aliphatic heterocycles. The first-order valence-corrected chi connectivity index (χ1v) is 34.2. The summed E-state index contributed by atoms with van der Waals surface area (Å²) in [6, 6.07) is 8.77. The fraction of sp³-hybridized carbons (Fsp3) is 0.520. The molecule has 1 aromatic rings. The van der Waals surface area contributed by atoms with Crippen molar-refractivity contribution in [3.8, 4) is 12.3 Å². The largest absolute Gasteiger partial charge is 0.432 e. The van der Waals surface area contributed by atoms with Crippen molar-refractivity contribution < 1.29 is 53.2 Å². The minimum atomic E-state index is -1.76. The second kappa shape index (κ2) is 58.8. The summed E-state index contributed by atoms with van der Waals surface area (Å²) >= 11 is 0. The van der Waals surface area contributed by atoms with E-state index in [2.05, 4.69) is 135 Å². The number of carbonyl (C=O) groups is 6. The lowest BCUT2D eigenvalue weighted by Crippen LogP contribution is -2.44. The van der Waals surface area contributed by atoms with E-state index >= 15 is 0 Å². The summed E-state index contributed by atoms with van der Waals surface area (Å²) in [4.78, 5) is 65.9. The molecule has 0 fully saturated rings. The molecule has 0 bridgehead atoms. The molecule has 11 nitrogen and oxygen atoms in total. The topological polar surface area (TPSA) is 182 Å². The summed E-state index contributed by atoms with van der Waals surface area (Å²) in [5.41, 5.74) is 4.62. The quantitative estimate of drug-likeness (QED) is 0.00974. The molecule has 0 amide bonds. The first-order valence-electron chi connectivity index (χ1n) is 31.3. The molecule has 0 spiro atoms. The van der Waals surface area contributed by atoms with E-state index in [4.69, 9.17) is 21.1 Å². The SMILES string of the molecule is C.C#CCCC.C=COC(=O)c1ccccc1.CC/C=C\C/C=C/C=C1\CC=C(CCO)C1=O.CC/C=C\CCCC=O.CC/C=C\C[C@@H](CC=O)O[Si](C)(C)C(C)(C)C.CC/C=C\C[C@H](O)C/C=C1\CC=C(CCO)C1=O.CCCC1=CCCC1=O. The zero-order valence-electron chi connectivity index (χ0n) is 54.8. The number of aliphatic hydroxyl groups excluding tert-OH is 3. The number of hydrogen-bond donors (Lipinski definition) is 3. The van der Waals surface area contributed by atoms with Crippen molar-refractivity contribution >= 4 is 44.2 Å². The van der Waals surface area contributed by atoms with Crippen LogP contribution in [0, 0.1) is 12.3 Å². The highest BCUT2D eigenvalue weighted by Crippen LogP contribution is 2.38. The zero-order chi connectivity index (χ0) is 65.3. The Bertz CT molecular complexity index is 2390. The summed E-state index contributed by atoms with van der Waals surface area (Å²) in [7, 11) is -1.76. The molecule has 0 radical (unpaired) electrons. The van der Waals surface area contributed by atoms with E-state index in [1.165, 1.54) is 0 Å². The molecule has 2 atom stereocenters. The maximum Gasteiger partial charge on any atom is 0.342 e. The van der Waals surface area contributed by atoms with Crippen LogP contribution in [0.4, 0.5) is 0 Å². The van der Waals surface area contributed by atoms with E-state index in [1.807, 2.05) is 54.7 Å². The van der Waals surface area contributed by atoms with Crippen LogP contribution in [-0.2, 0) is 33.1 Å². The van der Waals surface area contributed by atoms with E-state index in [-0.39, 0.29) is 49.3 Å². The van der Waals surface area contributed by atoms with Gasteiger partial charge in [0, 0.05) is 44.5 Å². The Morgan fingerprint density at radius 1 is 0.701 bits per heavy atom. The minimum absolute atomic E-state index is 0. The van der Waals surface area contributed by atoms with Crippen LogP contribution in [0.1, 0.15) is 221 Å². The third kappa shape index (κ3) is 46.6. The van der Waals surface area contributed by atoms with Crippen molar-refractivity contribution in [2.24, 2.45) is 0 Å². The Labute approximate surface area is 529 Å². The van der Waals surface area contributed by atoms with E-state index in [0.717, 1.165) is 131 Å². The highest BCUT2D eigenvalue weighted by atomic mass is 28.4. The van der Waals surface area contributed by atoms with Gasteiger partial charge in [-0.2, -0.15) is 0 Å². The van der Waals surface area contributed by atoms with Gasteiger partial charge < -0.3 is 34.1 Å². The van der Waals surface area contributed by atoms with Crippen LogP contribution >= 0.6 is 0 Å². The first-order chi connectivity index (χ1) is 41.2. The first kappa shape index (κ1) is 87.2. The molecular weight excluding hydrogens is 1100 g/mol. The number of ether oxygens (including phenoxy) is 1. The van der Waals surface area contributed by atoms with Gasteiger partial charge in [-0.3, -0.25) is 14.4 Å². The summed E-state index contributed by atoms with van der Waals surface area (Å²) in [6.45, 7) is 27.0. The van der Waals surface area contributed by atoms with Crippen molar-refractivity contribution in [2.45, 2.75) is 241 Å². The Morgan fingerprint density at radius 2 is 1.26 bits per heavy atom. The predicted octanol–water partition coefficient (Wildman–Crippen LogP) is 18.2. The number of carbonyl (C=O) groups excluding carboxylic acids is 6. The number of esters is 1. The van der Waals surface area contributed by atoms with Gasteiger partial charge in [-0.25, -0.2) is 4.79 Å².